The first-order valence-corrected chi connectivity index (χ1v) is 6.60. The second kappa shape index (κ2) is 6.85. The third kappa shape index (κ3) is 3.58. The molecule has 0 radical (unpaired) electrons. The van der Waals surface area contributed by atoms with Gasteiger partial charge in [0.25, 0.3) is 0 Å². The number of hydrogen-bond donors (Lipinski definition) is 1. The van der Waals surface area contributed by atoms with E-state index in [-0.39, 0.29) is 18.4 Å². The molecule has 0 spiro atoms. The highest BCUT2D eigenvalue weighted by Crippen LogP contribution is 2.30. The van der Waals surface area contributed by atoms with Crippen LogP contribution in [0.2, 0.25) is 0 Å². The summed E-state index contributed by atoms with van der Waals surface area (Å²) in [6.45, 7) is -1.13. The van der Waals surface area contributed by atoms with Crippen LogP contribution < -0.4 is 9.47 Å². The smallest absolute Gasteiger partial charge is 0.387 e. The number of hydrogen-bond acceptors (Lipinski definition) is 4. The summed E-state index contributed by atoms with van der Waals surface area (Å²) in [5, 5.41) is 9.29. The van der Waals surface area contributed by atoms with Crippen molar-refractivity contribution in [3.8, 4) is 11.5 Å². The Morgan fingerprint density at radius 1 is 1.40 bits per heavy atom. The summed E-state index contributed by atoms with van der Waals surface area (Å²) in [4.78, 5) is 2.18. The Bertz CT molecular complexity index is 442. The van der Waals surface area contributed by atoms with E-state index >= 15 is 0 Å². The molecule has 1 aromatic rings. The lowest BCUT2D eigenvalue weighted by Crippen LogP contribution is -2.31. The number of aliphatic hydroxyl groups excluding tert-OH is 1. The Morgan fingerprint density at radius 2 is 2.20 bits per heavy atom. The molecule has 1 N–H and O–H groups in total. The number of alkyl halides is 2. The van der Waals surface area contributed by atoms with Gasteiger partial charge in [-0.2, -0.15) is 8.78 Å². The van der Waals surface area contributed by atoms with Crippen molar-refractivity contribution in [3.63, 3.8) is 0 Å². The van der Waals surface area contributed by atoms with Crippen LogP contribution in [0.25, 0.3) is 0 Å². The number of halogens is 2. The maximum Gasteiger partial charge on any atom is 0.387 e. The van der Waals surface area contributed by atoms with Crippen molar-refractivity contribution in [1.82, 2.24) is 4.90 Å². The van der Waals surface area contributed by atoms with Gasteiger partial charge in [-0.3, -0.25) is 4.90 Å². The molecule has 1 aromatic carbocycles. The van der Waals surface area contributed by atoms with Gasteiger partial charge in [-0.05, 0) is 37.1 Å². The van der Waals surface area contributed by atoms with Gasteiger partial charge in [0.15, 0.2) is 11.5 Å². The van der Waals surface area contributed by atoms with E-state index in [1.54, 1.807) is 12.1 Å². The zero-order chi connectivity index (χ0) is 14.5. The second-order valence-corrected chi connectivity index (χ2v) is 4.81. The van der Waals surface area contributed by atoms with Crippen molar-refractivity contribution in [2.45, 2.75) is 32.0 Å². The Balaban J connectivity index is 2.09. The quantitative estimate of drug-likeness (QED) is 0.871. The van der Waals surface area contributed by atoms with Gasteiger partial charge in [0.05, 0.1) is 13.7 Å². The SMILES string of the molecule is COc1cc(CN2CCC[C@H]2CO)ccc1OC(F)F. The second-order valence-electron chi connectivity index (χ2n) is 4.81. The average molecular weight is 287 g/mol. The van der Waals surface area contributed by atoms with Crippen molar-refractivity contribution < 1.29 is 23.4 Å². The van der Waals surface area contributed by atoms with Crippen molar-refractivity contribution in [2.75, 3.05) is 20.3 Å². The van der Waals surface area contributed by atoms with Gasteiger partial charge in [-0.1, -0.05) is 6.07 Å². The topological polar surface area (TPSA) is 41.9 Å². The first kappa shape index (κ1) is 15.0. The van der Waals surface area contributed by atoms with E-state index in [4.69, 9.17) is 4.74 Å². The van der Waals surface area contributed by atoms with Gasteiger partial charge < -0.3 is 14.6 Å². The molecule has 0 unspecified atom stereocenters. The third-order valence-corrected chi connectivity index (χ3v) is 3.54. The highest BCUT2D eigenvalue weighted by molar-refractivity contribution is 5.43. The van der Waals surface area contributed by atoms with Crippen LogP contribution >= 0.6 is 0 Å². The molecule has 1 aliphatic rings. The summed E-state index contributed by atoms with van der Waals surface area (Å²) in [5.41, 5.74) is 0.948. The molecule has 112 valence electrons. The van der Waals surface area contributed by atoms with E-state index in [1.807, 2.05) is 0 Å². The van der Waals surface area contributed by atoms with Gasteiger partial charge in [-0.25, -0.2) is 0 Å². The zero-order valence-corrected chi connectivity index (χ0v) is 11.4. The Labute approximate surface area is 116 Å². The van der Waals surface area contributed by atoms with Crippen molar-refractivity contribution in [2.24, 2.45) is 0 Å². The minimum absolute atomic E-state index is 0.0337. The fourth-order valence-corrected chi connectivity index (χ4v) is 2.55. The largest absolute Gasteiger partial charge is 0.493 e. The third-order valence-electron chi connectivity index (χ3n) is 3.54. The zero-order valence-electron chi connectivity index (χ0n) is 11.4. The van der Waals surface area contributed by atoms with Crippen LogP contribution in [0.3, 0.4) is 0 Å². The number of methoxy groups -OCH3 is 1. The summed E-state index contributed by atoms with van der Waals surface area (Å²) in [6, 6.07) is 5.11. The van der Waals surface area contributed by atoms with Crippen molar-refractivity contribution in [1.29, 1.82) is 0 Å². The van der Waals surface area contributed by atoms with E-state index in [9.17, 15) is 13.9 Å². The van der Waals surface area contributed by atoms with Gasteiger partial charge in [-0.15, -0.1) is 0 Å². The maximum atomic E-state index is 12.2. The van der Waals surface area contributed by atoms with Crippen LogP contribution in [0, 0.1) is 0 Å². The molecule has 1 atom stereocenters. The lowest BCUT2D eigenvalue weighted by molar-refractivity contribution is -0.0512. The molecular formula is C14H19F2NO3. The monoisotopic (exact) mass is 287 g/mol. The van der Waals surface area contributed by atoms with Crippen LogP contribution in [0.5, 0.6) is 11.5 Å². The summed E-state index contributed by atoms with van der Waals surface area (Å²) in [5.74, 6) is 0.328. The first-order valence-electron chi connectivity index (χ1n) is 6.60. The number of likely N-dealkylation sites (tertiary alicyclic amines) is 1. The van der Waals surface area contributed by atoms with E-state index in [0.29, 0.717) is 12.3 Å². The predicted octanol–water partition coefficient (Wildman–Crippen LogP) is 2.25. The van der Waals surface area contributed by atoms with E-state index in [2.05, 4.69) is 9.64 Å². The molecule has 20 heavy (non-hydrogen) atoms. The molecule has 0 amide bonds. The lowest BCUT2D eigenvalue weighted by Gasteiger charge is -2.23. The number of ether oxygens (including phenoxy) is 2. The van der Waals surface area contributed by atoms with Gasteiger partial charge in [0.1, 0.15) is 0 Å². The molecule has 4 nitrogen and oxygen atoms in total. The highest BCUT2D eigenvalue weighted by Gasteiger charge is 2.24. The standard InChI is InChI=1S/C14H19F2NO3/c1-19-13-7-10(4-5-12(13)20-14(15)16)8-17-6-2-3-11(17)9-18/h4-5,7,11,14,18H,2-3,6,8-9H2,1H3/t11-/m0/s1. The molecule has 1 fully saturated rings. The van der Waals surface area contributed by atoms with E-state index in [0.717, 1.165) is 24.9 Å². The van der Waals surface area contributed by atoms with Gasteiger partial charge >= 0.3 is 6.61 Å². The molecule has 1 aliphatic heterocycles. The van der Waals surface area contributed by atoms with Crippen LogP contribution in [-0.2, 0) is 6.54 Å². The van der Waals surface area contributed by atoms with Crippen molar-refractivity contribution in [3.05, 3.63) is 23.8 Å². The summed E-state index contributed by atoms with van der Waals surface area (Å²) >= 11 is 0. The van der Waals surface area contributed by atoms with Crippen LogP contribution in [-0.4, -0.2) is 42.9 Å². The summed E-state index contributed by atoms with van der Waals surface area (Å²) in [7, 11) is 1.42. The van der Waals surface area contributed by atoms with Crippen LogP contribution in [0.1, 0.15) is 18.4 Å². The minimum Gasteiger partial charge on any atom is -0.493 e. The number of nitrogens with zero attached hydrogens (tertiary/aromatic N) is 1. The Morgan fingerprint density at radius 3 is 2.85 bits per heavy atom. The van der Waals surface area contributed by atoms with E-state index < -0.39 is 6.61 Å². The molecule has 1 heterocycles. The van der Waals surface area contributed by atoms with Crippen LogP contribution in [0.4, 0.5) is 8.78 Å². The number of rotatable bonds is 6. The predicted molar refractivity (Wildman–Crippen MR) is 70.1 cm³/mol. The lowest BCUT2D eigenvalue weighted by atomic mass is 10.1. The number of aliphatic hydroxyl groups is 1. The molecular weight excluding hydrogens is 268 g/mol. The molecule has 2 rings (SSSR count). The highest BCUT2D eigenvalue weighted by atomic mass is 19.3. The number of benzene rings is 1. The minimum atomic E-state index is -2.87. The molecule has 0 saturated carbocycles. The fourth-order valence-electron chi connectivity index (χ4n) is 2.55. The summed E-state index contributed by atoms with van der Waals surface area (Å²) < 4.78 is 34.0. The Hall–Kier alpha value is -1.40. The Kier molecular flexibility index (Phi) is 5.14. The van der Waals surface area contributed by atoms with Gasteiger partial charge in [0.2, 0.25) is 0 Å². The maximum absolute atomic E-state index is 12.2. The van der Waals surface area contributed by atoms with Crippen molar-refractivity contribution >= 4 is 0 Å². The van der Waals surface area contributed by atoms with E-state index in [1.165, 1.54) is 13.2 Å². The molecule has 0 aromatic heterocycles. The molecule has 0 aliphatic carbocycles. The normalized spacial score (nSPS) is 19.6. The fraction of sp³-hybridized carbons (Fsp3) is 0.571. The molecule has 1 saturated heterocycles. The average Bonchev–Trinajstić information content (AvgIpc) is 2.87. The van der Waals surface area contributed by atoms with Gasteiger partial charge in [0, 0.05) is 12.6 Å². The van der Waals surface area contributed by atoms with Crippen LogP contribution in [0.15, 0.2) is 18.2 Å². The summed E-state index contributed by atoms with van der Waals surface area (Å²) in [6.07, 6.45) is 2.05. The molecule has 6 heteroatoms. The molecule has 0 bridgehead atoms. The first-order chi connectivity index (χ1) is 9.63.